The van der Waals surface area contributed by atoms with Gasteiger partial charge in [-0.2, -0.15) is 5.10 Å². The van der Waals surface area contributed by atoms with Crippen molar-refractivity contribution in [3.05, 3.63) is 88.7 Å². The number of esters is 1. The lowest BCUT2D eigenvalue weighted by atomic mass is 10.1. The minimum atomic E-state index is -0.506. The van der Waals surface area contributed by atoms with Crippen molar-refractivity contribution in [2.45, 2.75) is 13.8 Å². The lowest BCUT2D eigenvalue weighted by Crippen LogP contribution is -2.12. The number of pyridine rings is 1. The molecular weight excluding hydrogens is 468 g/mol. The van der Waals surface area contributed by atoms with Gasteiger partial charge in [-0.25, -0.2) is 14.5 Å². The van der Waals surface area contributed by atoms with Gasteiger partial charge in [0, 0.05) is 22.9 Å². The van der Waals surface area contributed by atoms with Gasteiger partial charge >= 0.3 is 5.97 Å². The van der Waals surface area contributed by atoms with E-state index >= 15 is 0 Å². The van der Waals surface area contributed by atoms with Crippen LogP contribution in [0.3, 0.4) is 0 Å². The van der Waals surface area contributed by atoms with Gasteiger partial charge in [-0.15, -0.1) is 0 Å². The molecule has 1 N–H and O–H groups in total. The van der Waals surface area contributed by atoms with Crippen LogP contribution in [0.5, 0.6) is 5.88 Å². The highest BCUT2D eigenvalue weighted by Crippen LogP contribution is 2.28. The van der Waals surface area contributed by atoms with E-state index in [0.29, 0.717) is 16.9 Å². The maximum Gasteiger partial charge on any atom is 0.358 e. The average molecular weight is 491 g/mol. The standard InChI is InChI=1S/C26H23ClN4O4/c1-4-35-26(33)21-15-22(31(30-21)20-10-5-7-16(2)11-20)17-8-6-9-19(12-17)28-25(32)18-13-23(27)29-24(14-18)34-3/h5-15H,4H2,1-3H3,(H,28,32). The number of carbonyl (C=O) groups is 2. The smallest absolute Gasteiger partial charge is 0.358 e. The fraction of sp³-hybridized carbons (Fsp3) is 0.154. The third-order valence-electron chi connectivity index (χ3n) is 5.10. The summed E-state index contributed by atoms with van der Waals surface area (Å²) in [5, 5.41) is 7.52. The van der Waals surface area contributed by atoms with E-state index in [-0.39, 0.29) is 29.2 Å². The van der Waals surface area contributed by atoms with Crippen LogP contribution in [0.2, 0.25) is 5.15 Å². The van der Waals surface area contributed by atoms with Crippen LogP contribution in [0.1, 0.15) is 33.3 Å². The number of carbonyl (C=O) groups excluding carboxylic acids is 2. The molecule has 178 valence electrons. The summed E-state index contributed by atoms with van der Waals surface area (Å²) in [6.07, 6.45) is 0. The van der Waals surface area contributed by atoms with E-state index in [4.69, 9.17) is 21.1 Å². The number of nitrogens with one attached hydrogen (secondary N) is 1. The van der Waals surface area contributed by atoms with Crippen LogP contribution in [-0.2, 0) is 4.74 Å². The third kappa shape index (κ3) is 5.50. The number of nitrogens with zero attached hydrogens (tertiary/aromatic N) is 3. The fourth-order valence-electron chi connectivity index (χ4n) is 3.52. The normalized spacial score (nSPS) is 10.6. The molecule has 0 aliphatic heterocycles. The van der Waals surface area contributed by atoms with Gasteiger partial charge < -0.3 is 14.8 Å². The second-order valence-electron chi connectivity index (χ2n) is 7.64. The quantitative estimate of drug-likeness (QED) is 0.278. The molecule has 0 aliphatic rings. The summed E-state index contributed by atoms with van der Waals surface area (Å²) in [5.74, 6) is -0.637. The second-order valence-corrected chi connectivity index (χ2v) is 8.03. The topological polar surface area (TPSA) is 95.3 Å². The van der Waals surface area contributed by atoms with Crippen LogP contribution < -0.4 is 10.1 Å². The summed E-state index contributed by atoms with van der Waals surface area (Å²) >= 11 is 6.00. The zero-order valence-electron chi connectivity index (χ0n) is 19.4. The van der Waals surface area contributed by atoms with Gasteiger partial charge in [-0.1, -0.05) is 35.9 Å². The van der Waals surface area contributed by atoms with Gasteiger partial charge in [0.25, 0.3) is 5.91 Å². The summed E-state index contributed by atoms with van der Waals surface area (Å²) in [6, 6.07) is 19.7. The van der Waals surface area contributed by atoms with E-state index in [9.17, 15) is 9.59 Å². The van der Waals surface area contributed by atoms with Crippen LogP contribution in [0, 0.1) is 6.92 Å². The van der Waals surface area contributed by atoms with Crippen molar-refractivity contribution in [2.24, 2.45) is 0 Å². The van der Waals surface area contributed by atoms with Crippen LogP contribution in [0.4, 0.5) is 5.69 Å². The minimum absolute atomic E-state index is 0.150. The Labute approximate surface area is 207 Å². The zero-order chi connectivity index (χ0) is 24.9. The van der Waals surface area contributed by atoms with Gasteiger partial charge in [0.15, 0.2) is 5.69 Å². The molecule has 0 fully saturated rings. The monoisotopic (exact) mass is 490 g/mol. The van der Waals surface area contributed by atoms with E-state index in [1.54, 1.807) is 29.8 Å². The number of hydrogen-bond donors (Lipinski definition) is 1. The average Bonchev–Trinajstić information content (AvgIpc) is 3.30. The molecule has 0 unspecified atom stereocenters. The summed E-state index contributed by atoms with van der Waals surface area (Å²) in [5.41, 5.74) is 4.31. The second kappa shape index (κ2) is 10.4. The van der Waals surface area contributed by atoms with E-state index < -0.39 is 5.97 Å². The van der Waals surface area contributed by atoms with E-state index in [2.05, 4.69) is 15.4 Å². The number of benzene rings is 2. The van der Waals surface area contributed by atoms with E-state index in [1.807, 2.05) is 43.3 Å². The number of rotatable bonds is 7. The molecule has 0 saturated heterocycles. The Kier molecular flexibility index (Phi) is 7.12. The van der Waals surface area contributed by atoms with Gasteiger partial charge in [-0.05, 0) is 55.8 Å². The van der Waals surface area contributed by atoms with Crippen molar-refractivity contribution >= 4 is 29.2 Å². The molecule has 0 atom stereocenters. The maximum atomic E-state index is 12.8. The summed E-state index contributed by atoms with van der Waals surface area (Å²) in [6.45, 7) is 3.97. The predicted molar refractivity (Wildman–Crippen MR) is 133 cm³/mol. The first-order valence-corrected chi connectivity index (χ1v) is 11.2. The summed E-state index contributed by atoms with van der Waals surface area (Å²) in [4.78, 5) is 29.2. The number of methoxy groups -OCH3 is 1. The molecule has 4 aromatic rings. The Balaban J connectivity index is 1.71. The Morgan fingerprint density at radius 2 is 1.86 bits per heavy atom. The van der Waals surface area contributed by atoms with Crippen molar-refractivity contribution in [1.82, 2.24) is 14.8 Å². The van der Waals surface area contributed by atoms with Gasteiger partial charge in [0.1, 0.15) is 5.15 Å². The number of aryl methyl sites for hydroxylation is 1. The lowest BCUT2D eigenvalue weighted by Gasteiger charge is -2.11. The highest BCUT2D eigenvalue weighted by Gasteiger charge is 2.18. The van der Waals surface area contributed by atoms with Crippen LogP contribution >= 0.6 is 11.6 Å². The van der Waals surface area contributed by atoms with Crippen LogP contribution in [-0.4, -0.2) is 40.4 Å². The number of ether oxygens (including phenoxy) is 2. The van der Waals surface area contributed by atoms with Crippen molar-refractivity contribution < 1.29 is 19.1 Å². The molecular formula is C26H23ClN4O4. The molecule has 0 radical (unpaired) electrons. The molecule has 0 spiro atoms. The van der Waals surface area contributed by atoms with Crippen LogP contribution in [0.15, 0.2) is 66.7 Å². The van der Waals surface area contributed by atoms with E-state index in [0.717, 1.165) is 16.8 Å². The van der Waals surface area contributed by atoms with Crippen molar-refractivity contribution in [2.75, 3.05) is 19.0 Å². The number of hydrogen-bond acceptors (Lipinski definition) is 6. The van der Waals surface area contributed by atoms with Gasteiger partial charge in [0.05, 0.1) is 25.1 Å². The Bertz CT molecular complexity index is 1400. The molecule has 35 heavy (non-hydrogen) atoms. The first-order valence-electron chi connectivity index (χ1n) is 10.9. The predicted octanol–water partition coefficient (Wildman–Crippen LogP) is 5.33. The molecule has 2 heterocycles. The minimum Gasteiger partial charge on any atom is -0.481 e. The summed E-state index contributed by atoms with van der Waals surface area (Å²) in [7, 11) is 1.45. The molecule has 0 bridgehead atoms. The SMILES string of the molecule is CCOC(=O)c1cc(-c2cccc(NC(=O)c3cc(Cl)nc(OC)c3)c2)n(-c2cccc(C)c2)n1. The number of amides is 1. The molecule has 9 heteroatoms. The molecule has 2 aromatic carbocycles. The van der Waals surface area contributed by atoms with E-state index in [1.165, 1.54) is 19.2 Å². The lowest BCUT2D eigenvalue weighted by molar-refractivity contribution is 0.0519. The Hall–Kier alpha value is -4.17. The number of aromatic nitrogens is 3. The molecule has 1 amide bonds. The highest BCUT2D eigenvalue weighted by molar-refractivity contribution is 6.30. The van der Waals surface area contributed by atoms with Crippen molar-refractivity contribution in [1.29, 1.82) is 0 Å². The largest absolute Gasteiger partial charge is 0.481 e. The first kappa shape index (κ1) is 24.0. The third-order valence-corrected chi connectivity index (χ3v) is 5.29. The van der Waals surface area contributed by atoms with Crippen LogP contribution in [0.25, 0.3) is 16.9 Å². The fourth-order valence-corrected chi connectivity index (χ4v) is 3.72. The molecule has 0 saturated carbocycles. The van der Waals surface area contributed by atoms with Crippen molar-refractivity contribution in [3.8, 4) is 22.8 Å². The first-order chi connectivity index (χ1) is 16.9. The number of halogens is 1. The molecule has 2 aromatic heterocycles. The van der Waals surface area contributed by atoms with Gasteiger partial charge in [0.2, 0.25) is 5.88 Å². The Morgan fingerprint density at radius 3 is 2.60 bits per heavy atom. The zero-order valence-corrected chi connectivity index (χ0v) is 20.2. The maximum absolute atomic E-state index is 12.8. The molecule has 8 nitrogen and oxygen atoms in total. The summed E-state index contributed by atoms with van der Waals surface area (Å²) < 4.78 is 11.9. The molecule has 4 rings (SSSR count). The number of anilines is 1. The highest BCUT2D eigenvalue weighted by atomic mass is 35.5. The Morgan fingerprint density at radius 1 is 1.06 bits per heavy atom. The molecule has 0 aliphatic carbocycles. The van der Waals surface area contributed by atoms with Crippen molar-refractivity contribution in [3.63, 3.8) is 0 Å². The van der Waals surface area contributed by atoms with Gasteiger partial charge in [-0.3, -0.25) is 4.79 Å².